The van der Waals surface area contributed by atoms with Crippen molar-refractivity contribution in [2.45, 2.75) is 46.5 Å². The Morgan fingerprint density at radius 3 is 2.81 bits per heavy atom. The van der Waals surface area contributed by atoms with Gasteiger partial charge in [-0.1, -0.05) is 20.8 Å². The molecule has 1 fully saturated rings. The molecule has 16 heavy (non-hydrogen) atoms. The third-order valence-corrected chi connectivity index (χ3v) is 5.80. The first kappa shape index (κ1) is 10.5. The number of hydrogen-bond donors (Lipinski definition) is 0. The normalized spacial score (nSPS) is 28.8. The van der Waals surface area contributed by atoms with Gasteiger partial charge < -0.3 is 0 Å². The Morgan fingerprint density at radius 2 is 2.19 bits per heavy atom. The number of ketones is 1. The van der Waals surface area contributed by atoms with E-state index in [1.807, 2.05) is 6.92 Å². The standard InChI is InChI=1S/C14H18OS/c1-5-10(15)13-8-6-9-12(14(9,3)4)11(8)7(2)16-13/h9,12H,5-6H2,1-4H3. The molecule has 2 heteroatoms. The van der Waals surface area contributed by atoms with Crippen LogP contribution < -0.4 is 0 Å². The zero-order chi connectivity index (χ0) is 11.7. The Balaban J connectivity index is 2.08. The van der Waals surface area contributed by atoms with Gasteiger partial charge >= 0.3 is 0 Å². The summed E-state index contributed by atoms with van der Waals surface area (Å²) in [6.07, 6.45) is 1.80. The van der Waals surface area contributed by atoms with Gasteiger partial charge in [0.1, 0.15) is 0 Å². The monoisotopic (exact) mass is 234 g/mol. The molecule has 1 heterocycles. The zero-order valence-corrected chi connectivity index (χ0v) is 11.2. The predicted octanol–water partition coefficient (Wildman–Crippen LogP) is 3.94. The van der Waals surface area contributed by atoms with E-state index in [-0.39, 0.29) is 0 Å². The highest BCUT2D eigenvalue weighted by Crippen LogP contribution is 2.71. The molecule has 3 rings (SSSR count). The van der Waals surface area contributed by atoms with E-state index in [0.717, 1.165) is 23.1 Å². The third-order valence-electron chi connectivity index (χ3n) is 4.59. The Morgan fingerprint density at radius 1 is 1.50 bits per heavy atom. The summed E-state index contributed by atoms with van der Waals surface area (Å²) in [5.41, 5.74) is 3.44. The van der Waals surface area contributed by atoms with Crippen molar-refractivity contribution < 1.29 is 4.79 Å². The minimum Gasteiger partial charge on any atom is -0.293 e. The molecule has 1 aromatic heterocycles. The van der Waals surface area contributed by atoms with Crippen LogP contribution in [-0.4, -0.2) is 5.78 Å². The van der Waals surface area contributed by atoms with Gasteiger partial charge in [-0.25, -0.2) is 0 Å². The molecular weight excluding hydrogens is 216 g/mol. The second-order valence-electron chi connectivity index (χ2n) is 5.77. The summed E-state index contributed by atoms with van der Waals surface area (Å²) in [5, 5.41) is 0. The molecule has 86 valence electrons. The maximum Gasteiger partial charge on any atom is 0.172 e. The molecule has 0 aliphatic heterocycles. The number of carbonyl (C=O) groups is 1. The molecular formula is C14H18OS. The topological polar surface area (TPSA) is 17.1 Å². The molecule has 1 saturated carbocycles. The molecule has 1 nitrogen and oxygen atoms in total. The van der Waals surface area contributed by atoms with Crippen molar-refractivity contribution in [2.75, 3.05) is 0 Å². The first-order chi connectivity index (χ1) is 7.48. The number of thiophene rings is 1. The van der Waals surface area contributed by atoms with E-state index in [4.69, 9.17) is 0 Å². The quantitative estimate of drug-likeness (QED) is 0.708. The highest BCUT2D eigenvalue weighted by Gasteiger charge is 2.63. The number of carbonyl (C=O) groups excluding carboxylic acids is 1. The second-order valence-corrected chi connectivity index (χ2v) is 6.99. The van der Waals surface area contributed by atoms with E-state index in [0.29, 0.717) is 17.6 Å². The molecule has 0 N–H and O–H groups in total. The lowest BCUT2D eigenvalue weighted by Crippen LogP contribution is -2.03. The van der Waals surface area contributed by atoms with Gasteiger partial charge in [0.05, 0.1) is 4.88 Å². The highest BCUT2D eigenvalue weighted by molar-refractivity contribution is 7.14. The van der Waals surface area contributed by atoms with Crippen molar-refractivity contribution in [3.05, 3.63) is 20.9 Å². The largest absolute Gasteiger partial charge is 0.293 e. The fourth-order valence-electron chi connectivity index (χ4n) is 3.52. The Hall–Kier alpha value is -0.630. The van der Waals surface area contributed by atoms with Crippen molar-refractivity contribution in [3.63, 3.8) is 0 Å². The van der Waals surface area contributed by atoms with Crippen LogP contribution in [0.25, 0.3) is 0 Å². The van der Waals surface area contributed by atoms with Crippen LogP contribution in [0.4, 0.5) is 0 Å². The van der Waals surface area contributed by atoms with Crippen molar-refractivity contribution in [1.82, 2.24) is 0 Å². The summed E-state index contributed by atoms with van der Waals surface area (Å²) >= 11 is 1.73. The van der Waals surface area contributed by atoms with Gasteiger partial charge in [-0.3, -0.25) is 4.79 Å². The molecule has 0 amide bonds. The molecule has 1 aromatic rings. The summed E-state index contributed by atoms with van der Waals surface area (Å²) in [7, 11) is 0. The maximum absolute atomic E-state index is 11.9. The van der Waals surface area contributed by atoms with Gasteiger partial charge in [0.15, 0.2) is 5.78 Å². The van der Waals surface area contributed by atoms with Crippen LogP contribution >= 0.6 is 11.3 Å². The van der Waals surface area contributed by atoms with E-state index in [1.165, 1.54) is 16.0 Å². The summed E-state index contributed by atoms with van der Waals surface area (Å²) in [4.78, 5) is 14.3. The lowest BCUT2D eigenvalue weighted by Gasteiger charge is -2.09. The maximum atomic E-state index is 11.9. The van der Waals surface area contributed by atoms with Gasteiger partial charge in [0.2, 0.25) is 0 Å². The third kappa shape index (κ3) is 1.09. The second kappa shape index (κ2) is 2.98. The van der Waals surface area contributed by atoms with Crippen molar-refractivity contribution in [2.24, 2.45) is 11.3 Å². The molecule has 0 spiro atoms. The fourth-order valence-corrected chi connectivity index (χ4v) is 4.76. The summed E-state index contributed by atoms with van der Waals surface area (Å²) < 4.78 is 0. The number of fused-ring (bicyclic) bond motifs is 3. The zero-order valence-electron chi connectivity index (χ0n) is 10.4. The minimum absolute atomic E-state index is 0.341. The van der Waals surface area contributed by atoms with Gasteiger partial charge in [-0.15, -0.1) is 11.3 Å². The first-order valence-corrected chi connectivity index (χ1v) is 6.95. The van der Waals surface area contributed by atoms with E-state index in [2.05, 4.69) is 20.8 Å². The smallest absolute Gasteiger partial charge is 0.172 e. The predicted molar refractivity (Wildman–Crippen MR) is 67.4 cm³/mol. The van der Waals surface area contributed by atoms with Crippen LogP contribution in [0, 0.1) is 18.3 Å². The Kier molecular flexibility index (Phi) is 1.96. The van der Waals surface area contributed by atoms with Crippen LogP contribution in [0.2, 0.25) is 0 Å². The first-order valence-electron chi connectivity index (χ1n) is 6.13. The van der Waals surface area contributed by atoms with Gasteiger partial charge in [-0.2, -0.15) is 0 Å². The summed E-state index contributed by atoms with van der Waals surface area (Å²) in [6.45, 7) is 8.88. The lowest BCUT2D eigenvalue weighted by molar-refractivity contribution is 0.0991. The minimum atomic E-state index is 0.341. The van der Waals surface area contributed by atoms with Crippen molar-refractivity contribution in [1.29, 1.82) is 0 Å². The van der Waals surface area contributed by atoms with Crippen LogP contribution in [0.15, 0.2) is 0 Å². The highest BCUT2D eigenvalue weighted by atomic mass is 32.1. The molecule has 0 bridgehead atoms. The SMILES string of the molecule is CCC(=O)c1sc(C)c2c1CC1C2C1(C)C. The van der Waals surface area contributed by atoms with E-state index < -0.39 is 0 Å². The van der Waals surface area contributed by atoms with Crippen molar-refractivity contribution >= 4 is 17.1 Å². The number of aryl methyl sites for hydroxylation is 1. The Bertz CT molecular complexity index is 481. The van der Waals surface area contributed by atoms with E-state index in [1.54, 1.807) is 11.3 Å². The summed E-state index contributed by atoms with van der Waals surface area (Å²) in [5.74, 6) is 1.90. The molecule has 2 atom stereocenters. The van der Waals surface area contributed by atoms with Crippen LogP contribution in [0.3, 0.4) is 0 Å². The van der Waals surface area contributed by atoms with E-state index in [9.17, 15) is 4.79 Å². The van der Waals surface area contributed by atoms with Crippen LogP contribution in [0.5, 0.6) is 0 Å². The number of Topliss-reactive ketones (excluding diaryl/α,β-unsaturated/α-hetero) is 1. The lowest BCUT2D eigenvalue weighted by atomic mass is 9.94. The average molecular weight is 234 g/mol. The van der Waals surface area contributed by atoms with Crippen LogP contribution in [-0.2, 0) is 6.42 Å². The fraction of sp³-hybridized carbons (Fsp3) is 0.643. The molecule has 0 saturated heterocycles. The molecule has 2 unspecified atom stereocenters. The van der Waals surface area contributed by atoms with Gasteiger partial charge in [0, 0.05) is 11.3 Å². The average Bonchev–Trinajstić information content (AvgIpc) is 2.62. The van der Waals surface area contributed by atoms with Gasteiger partial charge in [0.25, 0.3) is 0 Å². The molecule has 0 radical (unpaired) electrons. The number of rotatable bonds is 2. The molecule has 2 aliphatic rings. The van der Waals surface area contributed by atoms with Crippen LogP contribution in [0.1, 0.15) is 58.8 Å². The Labute approximate surface area is 101 Å². The molecule has 2 aliphatic carbocycles. The number of hydrogen-bond acceptors (Lipinski definition) is 2. The van der Waals surface area contributed by atoms with Gasteiger partial charge in [-0.05, 0) is 41.7 Å². The van der Waals surface area contributed by atoms with Crippen molar-refractivity contribution in [3.8, 4) is 0 Å². The summed E-state index contributed by atoms with van der Waals surface area (Å²) in [6, 6.07) is 0. The molecule has 0 aromatic carbocycles. The van der Waals surface area contributed by atoms with E-state index >= 15 is 0 Å².